The quantitative estimate of drug-likeness (QED) is 0.718. The van der Waals surface area contributed by atoms with Crippen molar-refractivity contribution in [2.45, 2.75) is 60.1 Å². The third kappa shape index (κ3) is 6.22. The summed E-state index contributed by atoms with van der Waals surface area (Å²) in [6.45, 7) is 13.6. The lowest BCUT2D eigenvalue weighted by Gasteiger charge is -2.11. The predicted molar refractivity (Wildman–Crippen MR) is 82.7 cm³/mol. The van der Waals surface area contributed by atoms with Crippen molar-refractivity contribution in [1.82, 2.24) is 5.32 Å². The summed E-state index contributed by atoms with van der Waals surface area (Å²) in [6, 6.07) is 4.59. The highest BCUT2D eigenvalue weighted by molar-refractivity contribution is 5.36. The standard InChI is InChI=1S/C17H29NO/c1-13(2)19-9-7-6-8-18-12-17-11-15(4)14(3)10-16(17)5/h10-11,13,18H,6-9,12H2,1-5H3. The number of hydrogen-bond donors (Lipinski definition) is 1. The summed E-state index contributed by atoms with van der Waals surface area (Å²) in [5.74, 6) is 0. The van der Waals surface area contributed by atoms with Crippen molar-refractivity contribution < 1.29 is 4.74 Å². The van der Waals surface area contributed by atoms with E-state index in [1.807, 2.05) is 0 Å². The van der Waals surface area contributed by atoms with Gasteiger partial charge in [0.15, 0.2) is 0 Å². The second-order valence-electron chi connectivity index (χ2n) is 5.67. The van der Waals surface area contributed by atoms with Crippen molar-refractivity contribution in [2.75, 3.05) is 13.2 Å². The molecule has 19 heavy (non-hydrogen) atoms. The Morgan fingerprint density at radius 1 is 1.00 bits per heavy atom. The fourth-order valence-corrected chi connectivity index (χ4v) is 2.10. The summed E-state index contributed by atoms with van der Waals surface area (Å²) < 4.78 is 5.53. The molecule has 0 fully saturated rings. The van der Waals surface area contributed by atoms with Crippen LogP contribution >= 0.6 is 0 Å². The second kappa shape index (κ2) is 8.34. The van der Waals surface area contributed by atoms with Gasteiger partial charge in [0.2, 0.25) is 0 Å². The van der Waals surface area contributed by atoms with Crippen LogP contribution in [0.25, 0.3) is 0 Å². The van der Waals surface area contributed by atoms with Gasteiger partial charge in [-0.2, -0.15) is 0 Å². The normalized spacial score (nSPS) is 11.3. The SMILES string of the molecule is Cc1cc(C)c(CNCCCCOC(C)C)cc1C. The fourth-order valence-electron chi connectivity index (χ4n) is 2.10. The number of aryl methyl sites for hydroxylation is 3. The Labute approximate surface area is 118 Å². The highest BCUT2D eigenvalue weighted by atomic mass is 16.5. The average molecular weight is 263 g/mol. The number of rotatable bonds is 8. The zero-order valence-electron chi connectivity index (χ0n) is 13.2. The minimum Gasteiger partial charge on any atom is -0.379 e. The van der Waals surface area contributed by atoms with Crippen LogP contribution in [0.5, 0.6) is 0 Å². The van der Waals surface area contributed by atoms with E-state index in [-0.39, 0.29) is 0 Å². The van der Waals surface area contributed by atoms with Crippen LogP contribution in [0.1, 0.15) is 48.9 Å². The van der Waals surface area contributed by atoms with Crippen molar-refractivity contribution >= 4 is 0 Å². The first-order chi connectivity index (χ1) is 9.00. The number of benzene rings is 1. The lowest BCUT2D eigenvalue weighted by molar-refractivity contribution is 0.0760. The Kier molecular flexibility index (Phi) is 7.11. The Balaban J connectivity index is 2.21. The van der Waals surface area contributed by atoms with Gasteiger partial charge in [-0.25, -0.2) is 0 Å². The second-order valence-corrected chi connectivity index (χ2v) is 5.67. The minimum absolute atomic E-state index is 0.353. The number of hydrogen-bond acceptors (Lipinski definition) is 2. The number of unbranched alkanes of at least 4 members (excludes halogenated alkanes) is 1. The molecule has 0 saturated heterocycles. The summed E-state index contributed by atoms with van der Waals surface area (Å²) in [7, 11) is 0. The molecule has 0 aromatic heterocycles. The molecule has 0 spiro atoms. The third-order valence-electron chi connectivity index (χ3n) is 3.47. The van der Waals surface area contributed by atoms with Crippen LogP contribution in [-0.4, -0.2) is 19.3 Å². The minimum atomic E-state index is 0.353. The largest absolute Gasteiger partial charge is 0.379 e. The molecular weight excluding hydrogens is 234 g/mol. The molecule has 0 atom stereocenters. The van der Waals surface area contributed by atoms with E-state index in [9.17, 15) is 0 Å². The van der Waals surface area contributed by atoms with Crippen molar-refractivity contribution in [2.24, 2.45) is 0 Å². The molecule has 2 heteroatoms. The topological polar surface area (TPSA) is 21.3 Å². The first-order valence-corrected chi connectivity index (χ1v) is 7.39. The Morgan fingerprint density at radius 2 is 1.68 bits per heavy atom. The van der Waals surface area contributed by atoms with Gasteiger partial charge in [-0.05, 0) is 76.3 Å². The molecule has 1 rings (SSSR count). The maximum absolute atomic E-state index is 5.53. The van der Waals surface area contributed by atoms with Gasteiger partial charge in [0.25, 0.3) is 0 Å². The lowest BCUT2D eigenvalue weighted by atomic mass is 10.0. The van der Waals surface area contributed by atoms with E-state index >= 15 is 0 Å². The van der Waals surface area contributed by atoms with Gasteiger partial charge in [-0.15, -0.1) is 0 Å². The van der Waals surface area contributed by atoms with E-state index < -0.39 is 0 Å². The summed E-state index contributed by atoms with van der Waals surface area (Å²) in [4.78, 5) is 0. The van der Waals surface area contributed by atoms with Crippen LogP contribution in [0.3, 0.4) is 0 Å². The van der Waals surface area contributed by atoms with Crippen molar-refractivity contribution in [1.29, 1.82) is 0 Å². The molecule has 1 N–H and O–H groups in total. The molecule has 0 bridgehead atoms. The van der Waals surface area contributed by atoms with E-state index in [1.54, 1.807) is 0 Å². The maximum atomic E-state index is 5.53. The molecule has 2 nitrogen and oxygen atoms in total. The molecule has 0 unspecified atom stereocenters. The average Bonchev–Trinajstić information content (AvgIpc) is 2.33. The van der Waals surface area contributed by atoms with E-state index in [0.29, 0.717) is 6.10 Å². The molecule has 0 radical (unpaired) electrons. The van der Waals surface area contributed by atoms with E-state index in [4.69, 9.17) is 4.74 Å². The van der Waals surface area contributed by atoms with Crippen LogP contribution in [0, 0.1) is 20.8 Å². The summed E-state index contributed by atoms with van der Waals surface area (Å²) >= 11 is 0. The van der Waals surface area contributed by atoms with E-state index in [1.165, 1.54) is 28.7 Å². The number of ether oxygens (including phenoxy) is 1. The van der Waals surface area contributed by atoms with Gasteiger partial charge in [0, 0.05) is 13.2 Å². The van der Waals surface area contributed by atoms with Gasteiger partial charge in [0.05, 0.1) is 6.10 Å². The zero-order valence-corrected chi connectivity index (χ0v) is 13.2. The maximum Gasteiger partial charge on any atom is 0.0518 e. The van der Waals surface area contributed by atoms with Gasteiger partial charge in [-0.1, -0.05) is 12.1 Å². The van der Waals surface area contributed by atoms with Crippen LogP contribution < -0.4 is 5.32 Å². The summed E-state index contributed by atoms with van der Waals surface area (Å²) in [6.07, 6.45) is 2.67. The molecule has 108 valence electrons. The van der Waals surface area contributed by atoms with Crippen molar-refractivity contribution in [3.63, 3.8) is 0 Å². The molecule has 0 heterocycles. The van der Waals surface area contributed by atoms with Gasteiger partial charge in [0.1, 0.15) is 0 Å². The van der Waals surface area contributed by atoms with E-state index in [0.717, 1.165) is 26.1 Å². The van der Waals surface area contributed by atoms with Crippen LogP contribution in [-0.2, 0) is 11.3 Å². The third-order valence-corrected chi connectivity index (χ3v) is 3.47. The van der Waals surface area contributed by atoms with Crippen molar-refractivity contribution in [3.05, 3.63) is 34.4 Å². The molecule has 0 aliphatic carbocycles. The van der Waals surface area contributed by atoms with E-state index in [2.05, 4.69) is 52.1 Å². The zero-order chi connectivity index (χ0) is 14.3. The summed E-state index contributed by atoms with van der Waals surface area (Å²) in [5.41, 5.74) is 5.57. The highest BCUT2D eigenvalue weighted by Gasteiger charge is 2.01. The summed E-state index contributed by atoms with van der Waals surface area (Å²) in [5, 5.41) is 3.52. The molecule has 0 saturated carbocycles. The Bertz CT molecular complexity index is 385. The smallest absolute Gasteiger partial charge is 0.0518 e. The monoisotopic (exact) mass is 263 g/mol. The van der Waals surface area contributed by atoms with Crippen LogP contribution in [0.2, 0.25) is 0 Å². The van der Waals surface area contributed by atoms with Gasteiger partial charge in [-0.3, -0.25) is 0 Å². The fraction of sp³-hybridized carbons (Fsp3) is 0.647. The molecule has 1 aromatic rings. The van der Waals surface area contributed by atoms with Gasteiger partial charge >= 0.3 is 0 Å². The highest BCUT2D eigenvalue weighted by Crippen LogP contribution is 2.15. The molecule has 0 amide bonds. The molecule has 0 aliphatic heterocycles. The molecule has 1 aromatic carbocycles. The van der Waals surface area contributed by atoms with Crippen molar-refractivity contribution in [3.8, 4) is 0 Å². The lowest BCUT2D eigenvalue weighted by Crippen LogP contribution is -2.16. The molecular formula is C17H29NO. The number of nitrogens with one attached hydrogen (secondary N) is 1. The van der Waals surface area contributed by atoms with Crippen LogP contribution in [0.15, 0.2) is 12.1 Å². The predicted octanol–water partition coefficient (Wildman–Crippen LogP) is 3.91. The first kappa shape index (κ1) is 16.2. The Hall–Kier alpha value is -0.860. The molecule has 0 aliphatic rings. The van der Waals surface area contributed by atoms with Gasteiger partial charge < -0.3 is 10.1 Å². The first-order valence-electron chi connectivity index (χ1n) is 7.39. The Morgan fingerprint density at radius 3 is 2.37 bits per heavy atom. The van der Waals surface area contributed by atoms with Crippen LogP contribution in [0.4, 0.5) is 0 Å².